The molecule has 4 aliphatic carbocycles. The summed E-state index contributed by atoms with van der Waals surface area (Å²) in [6.07, 6.45) is 7.54. The molecule has 1 aromatic rings. The molecule has 0 spiro atoms. The summed E-state index contributed by atoms with van der Waals surface area (Å²) in [5.74, 6) is 3.51. The minimum absolute atomic E-state index is 0.00253. The van der Waals surface area contributed by atoms with E-state index in [1.54, 1.807) is 21.3 Å². The largest absolute Gasteiger partial charge is 0.493 e. The van der Waals surface area contributed by atoms with Crippen molar-refractivity contribution in [3.05, 3.63) is 17.7 Å². The van der Waals surface area contributed by atoms with E-state index < -0.39 is 0 Å². The number of benzene rings is 1. The summed E-state index contributed by atoms with van der Waals surface area (Å²) in [5.41, 5.74) is 5.99. The first kappa shape index (κ1) is 20.8. The molecule has 0 saturated heterocycles. The molecule has 2 amide bonds. The first-order valence-corrected chi connectivity index (χ1v) is 10.8. The number of carbonyl (C=O) groups excluding carboxylic acids is 2. The monoisotopic (exact) mass is 416 g/mol. The predicted molar refractivity (Wildman–Crippen MR) is 111 cm³/mol. The van der Waals surface area contributed by atoms with Gasteiger partial charge in [-0.2, -0.15) is 0 Å². The van der Waals surface area contributed by atoms with Gasteiger partial charge in [-0.05, 0) is 80.4 Å². The fourth-order valence-electron chi connectivity index (χ4n) is 6.25. The second kappa shape index (κ2) is 8.36. The fraction of sp³-hybridized carbons (Fsp3) is 0.652. The normalized spacial score (nSPS) is 28.7. The van der Waals surface area contributed by atoms with Crippen LogP contribution in [0.2, 0.25) is 0 Å². The number of hydrogen-bond acceptors (Lipinski definition) is 5. The molecule has 4 saturated carbocycles. The maximum atomic E-state index is 12.9. The third-order valence-corrected chi connectivity index (χ3v) is 7.20. The van der Waals surface area contributed by atoms with E-state index in [4.69, 9.17) is 14.2 Å². The van der Waals surface area contributed by atoms with Crippen LogP contribution in [0.15, 0.2) is 12.1 Å². The van der Waals surface area contributed by atoms with E-state index in [2.05, 4.69) is 10.9 Å². The summed E-state index contributed by atoms with van der Waals surface area (Å²) in [5, 5.41) is 0. The first-order chi connectivity index (χ1) is 14.5. The summed E-state index contributed by atoms with van der Waals surface area (Å²) in [6.45, 7) is 0. The van der Waals surface area contributed by atoms with E-state index in [9.17, 15) is 9.59 Å². The van der Waals surface area contributed by atoms with Gasteiger partial charge in [-0.1, -0.05) is 0 Å². The molecule has 1 aromatic carbocycles. The molecule has 4 fully saturated rings. The van der Waals surface area contributed by atoms with Gasteiger partial charge < -0.3 is 14.2 Å². The van der Waals surface area contributed by atoms with Crippen molar-refractivity contribution in [1.29, 1.82) is 0 Å². The number of amides is 2. The van der Waals surface area contributed by atoms with Crippen LogP contribution in [0.4, 0.5) is 0 Å². The molecule has 30 heavy (non-hydrogen) atoms. The standard InChI is InChI=1S/C23H32N2O5/c1-28-18-9-14(10-19(29-2)21(18)30-3)4-5-20(26)24-25-22(27)23-11-15-6-16(12-23)8-17(7-15)13-23/h9-10,15-17H,4-8,11-13H2,1-3H3,(H,24,26)(H,25,27). The second-order valence-electron chi connectivity index (χ2n) is 9.23. The lowest BCUT2D eigenvalue weighted by Gasteiger charge is -2.55. The van der Waals surface area contributed by atoms with Gasteiger partial charge in [0.1, 0.15) is 0 Å². The topological polar surface area (TPSA) is 85.9 Å². The average molecular weight is 417 g/mol. The smallest absolute Gasteiger partial charge is 0.244 e. The Balaban J connectivity index is 1.31. The van der Waals surface area contributed by atoms with Crippen LogP contribution in [-0.4, -0.2) is 33.1 Å². The summed E-state index contributed by atoms with van der Waals surface area (Å²) >= 11 is 0. The maximum Gasteiger partial charge on any atom is 0.244 e. The molecular formula is C23H32N2O5. The highest BCUT2D eigenvalue weighted by molar-refractivity contribution is 5.86. The van der Waals surface area contributed by atoms with Gasteiger partial charge in [0.15, 0.2) is 11.5 Å². The van der Waals surface area contributed by atoms with Crippen LogP contribution in [0.25, 0.3) is 0 Å². The summed E-state index contributed by atoms with van der Waals surface area (Å²) < 4.78 is 16.0. The molecule has 2 N–H and O–H groups in total. The Bertz CT molecular complexity index is 762. The number of rotatable bonds is 7. The molecular weight excluding hydrogens is 384 g/mol. The molecule has 0 heterocycles. The van der Waals surface area contributed by atoms with Crippen LogP contribution in [-0.2, 0) is 16.0 Å². The highest BCUT2D eigenvalue weighted by Crippen LogP contribution is 2.60. The fourth-order valence-corrected chi connectivity index (χ4v) is 6.25. The van der Waals surface area contributed by atoms with Crippen LogP contribution < -0.4 is 25.1 Å². The molecule has 0 aromatic heterocycles. The molecule has 0 aliphatic heterocycles. The molecule has 0 atom stereocenters. The zero-order valence-corrected chi connectivity index (χ0v) is 18.1. The molecule has 5 rings (SSSR count). The van der Waals surface area contributed by atoms with E-state index in [1.165, 1.54) is 19.3 Å². The Labute approximate surface area is 177 Å². The molecule has 7 heteroatoms. The number of aryl methyl sites for hydroxylation is 1. The van der Waals surface area contributed by atoms with Crippen molar-refractivity contribution in [3.8, 4) is 17.2 Å². The third-order valence-electron chi connectivity index (χ3n) is 7.20. The van der Waals surface area contributed by atoms with Gasteiger partial charge in [-0.3, -0.25) is 20.4 Å². The van der Waals surface area contributed by atoms with E-state index >= 15 is 0 Å². The Morgan fingerprint density at radius 2 is 1.43 bits per heavy atom. The molecule has 164 valence electrons. The van der Waals surface area contributed by atoms with E-state index in [-0.39, 0.29) is 23.7 Å². The molecule has 0 radical (unpaired) electrons. The van der Waals surface area contributed by atoms with Crippen molar-refractivity contribution in [1.82, 2.24) is 10.9 Å². The lowest BCUT2D eigenvalue weighted by Crippen LogP contribution is -2.56. The number of ether oxygens (including phenoxy) is 3. The lowest BCUT2D eigenvalue weighted by atomic mass is 9.49. The van der Waals surface area contributed by atoms with Crippen molar-refractivity contribution >= 4 is 11.8 Å². The average Bonchev–Trinajstić information content (AvgIpc) is 2.74. The van der Waals surface area contributed by atoms with Crippen molar-refractivity contribution in [2.75, 3.05) is 21.3 Å². The van der Waals surface area contributed by atoms with Crippen molar-refractivity contribution in [2.45, 2.75) is 51.4 Å². The number of methoxy groups -OCH3 is 3. The number of carbonyl (C=O) groups is 2. The van der Waals surface area contributed by atoms with Crippen LogP contribution in [0.3, 0.4) is 0 Å². The van der Waals surface area contributed by atoms with Crippen LogP contribution >= 0.6 is 0 Å². The molecule has 4 aliphatic rings. The molecule has 7 nitrogen and oxygen atoms in total. The zero-order chi connectivity index (χ0) is 21.3. The maximum absolute atomic E-state index is 12.9. The van der Waals surface area contributed by atoms with Gasteiger partial charge in [0.05, 0.1) is 26.7 Å². The van der Waals surface area contributed by atoms with Gasteiger partial charge in [-0.25, -0.2) is 0 Å². The lowest BCUT2D eigenvalue weighted by molar-refractivity contribution is -0.148. The van der Waals surface area contributed by atoms with Crippen molar-refractivity contribution in [3.63, 3.8) is 0 Å². The number of hydrazine groups is 1. The third kappa shape index (κ3) is 3.94. The Morgan fingerprint density at radius 1 is 0.900 bits per heavy atom. The van der Waals surface area contributed by atoms with Crippen LogP contribution in [0.1, 0.15) is 50.5 Å². The minimum atomic E-state index is -0.265. The summed E-state index contributed by atoms with van der Waals surface area (Å²) in [7, 11) is 4.68. The highest BCUT2D eigenvalue weighted by Gasteiger charge is 2.54. The SMILES string of the molecule is COc1cc(CCC(=O)NNC(=O)C23CC4CC(CC(C4)C2)C3)cc(OC)c1OC. The Morgan fingerprint density at radius 3 is 1.90 bits per heavy atom. The Kier molecular flexibility index (Phi) is 5.80. The highest BCUT2D eigenvalue weighted by atomic mass is 16.5. The number of hydrogen-bond donors (Lipinski definition) is 2. The molecule has 4 bridgehead atoms. The zero-order valence-electron chi connectivity index (χ0n) is 18.1. The Hall–Kier alpha value is -2.44. The van der Waals surface area contributed by atoms with Crippen molar-refractivity contribution in [2.24, 2.45) is 23.2 Å². The quantitative estimate of drug-likeness (QED) is 0.668. The van der Waals surface area contributed by atoms with Gasteiger partial charge in [0.25, 0.3) is 0 Å². The van der Waals surface area contributed by atoms with Gasteiger partial charge >= 0.3 is 0 Å². The summed E-state index contributed by atoms with van der Waals surface area (Å²) in [4.78, 5) is 25.3. The minimum Gasteiger partial charge on any atom is -0.493 e. The van der Waals surface area contributed by atoms with E-state index in [0.29, 0.717) is 41.4 Å². The number of nitrogens with one attached hydrogen (secondary N) is 2. The van der Waals surface area contributed by atoms with Crippen LogP contribution in [0.5, 0.6) is 17.2 Å². The summed E-state index contributed by atoms with van der Waals surface area (Å²) in [6, 6.07) is 3.67. The van der Waals surface area contributed by atoms with Crippen molar-refractivity contribution < 1.29 is 23.8 Å². The van der Waals surface area contributed by atoms with E-state index in [1.807, 2.05) is 12.1 Å². The molecule has 0 unspecified atom stereocenters. The van der Waals surface area contributed by atoms with E-state index in [0.717, 1.165) is 24.8 Å². The van der Waals surface area contributed by atoms with Gasteiger partial charge in [-0.15, -0.1) is 0 Å². The van der Waals surface area contributed by atoms with Gasteiger partial charge in [0, 0.05) is 6.42 Å². The van der Waals surface area contributed by atoms with Crippen LogP contribution in [0, 0.1) is 23.2 Å². The second-order valence-corrected chi connectivity index (χ2v) is 9.23. The first-order valence-electron chi connectivity index (χ1n) is 10.8. The van der Waals surface area contributed by atoms with Gasteiger partial charge in [0.2, 0.25) is 17.6 Å². The predicted octanol–water partition coefficient (Wildman–Crippen LogP) is 3.01.